The maximum atomic E-state index is 10.6. The van der Waals surface area contributed by atoms with Crippen molar-refractivity contribution in [2.75, 3.05) is 13.7 Å². The molecule has 1 aliphatic rings. The second kappa shape index (κ2) is 5.15. The summed E-state index contributed by atoms with van der Waals surface area (Å²) in [5.74, 6) is 0.384. The third-order valence-corrected chi connectivity index (χ3v) is 3.51. The molecule has 17 heavy (non-hydrogen) atoms. The van der Waals surface area contributed by atoms with E-state index in [4.69, 9.17) is 4.74 Å². The Morgan fingerprint density at radius 1 is 1.47 bits per heavy atom. The molecule has 94 valence electrons. The Kier molecular flexibility index (Phi) is 3.79. The zero-order valence-corrected chi connectivity index (χ0v) is 10.6. The molecule has 0 saturated heterocycles. The summed E-state index contributed by atoms with van der Waals surface area (Å²) in [5, 5.41) is 10.6. The van der Waals surface area contributed by atoms with Gasteiger partial charge in [0.15, 0.2) is 0 Å². The average molecular weight is 235 g/mol. The molecule has 1 heterocycles. The molecule has 2 rings (SSSR count). The van der Waals surface area contributed by atoms with Crippen molar-refractivity contribution in [3.8, 4) is 0 Å². The maximum absolute atomic E-state index is 10.6. The monoisotopic (exact) mass is 235 g/mol. The smallest absolute Gasteiger partial charge is 0.0962 e. The van der Waals surface area contributed by atoms with Crippen molar-refractivity contribution >= 4 is 0 Å². The Morgan fingerprint density at radius 2 is 2.24 bits per heavy atom. The zero-order chi connectivity index (χ0) is 12.3. The van der Waals surface area contributed by atoms with Gasteiger partial charge < -0.3 is 9.84 Å². The summed E-state index contributed by atoms with van der Waals surface area (Å²) in [7, 11) is 1.64. The van der Waals surface area contributed by atoms with E-state index in [1.165, 1.54) is 5.56 Å². The summed E-state index contributed by atoms with van der Waals surface area (Å²) in [6.45, 7) is 2.51. The molecule has 0 bridgehead atoms. The molecule has 1 aliphatic carbocycles. The number of hydrogen-bond donors (Lipinski definition) is 1. The normalized spacial score (nSPS) is 19.0. The molecule has 3 heteroatoms. The van der Waals surface area contributed by atoms with Gasteiger partial charge in [0.25, 0.3) is 0 Å². The predicted octanol–water partition coefficient (Wildman–Crippen LogP) is 1.97. The number of aromatic nitrogens is 1. The Balaban J connectivity index is 2.06. The number of methoxy groups -OCH3 is 1. The maximum Gasteiger partial charge on any atom is 0.0962 e. The summed E-state index contributed by atoms with van der Waals surface area (Å²) in [5.41, 5.74) is 1.46. The first kappa shape index (κ1) is 12.5. The fraction of sp³-hybridized carbons (Fsp3) is 0.643. The van der Waals surface area contributed by atoms with Gasteiger partial charge in [-0.2, -0.15) is 0 Å². The number of aryl methyl sites for hydroxylation is 1. The van der Waals surface area contributed by atoms with E-state index >= 15 is 0 Å². The van der Waals surface area contributed by atoms with Crippen molar-refractivity contribution in [2.24, 2.45) is 5.92 Å². The minimum Gasteiger partial charge on any atom is -0.387 e. The van der Waals surface area contributed by atoms with Gasteiger partial charge in [-0.05, 0) is 36.8 Å². The number of nitrogens with zero attached hydrogens (tertiary/aromatic N) is 1. The molecule has 1 saturated carbocycles. The fourth-order valence-corrected chi connectivity index (χ4v) is 2.27. The Morgan fingerprint density at radius 3 is 2.71 bits per heavy atom. The molecule has 3 nitrogen and oxygen atoms in total. The lowest BCUT2D eigenvalue weighted by Gasteiger charge is -2.27. The number of rotatable bonds is 6. The first-order valence-corrected chi connectivity index (χ1v) is 6.33. The van der Waals surface area contributed by atoms with Crippen LogP contribution in [0.3, 0.4) is 0 Å². The van der Waals surface area contributed by atoms with Crippen LogP contribution in [0.1, 0.15) is 31.0 Å². The van der Waals surface area contributed by atoms with Crippen molar-refractivity contribution in [3.63, 3.8) is 0 Å². The number of aliphatic hydroxyl groups is 1. The lowest BCUT2D eigenvalue weighted by molar-refractivity contribution is -0.0480. The predicted molar refractivity (Wildman–Crippen MR) is 66.9 cm³/mol. The number of pyridine rings is 1. The molecule has 0 aliphatic heterocycles. The Hall–Kier alpha value is -0.930. The van der Waals surface area contributed by atoms with Gasteiger partial charge in [0.2, 0.25) is 0 Å². The molecule has 1 aromatic rings. The van der Waals surface area contributed by atoms with Crippen LogP contribution < -0.4 is 0 Å². The van der Waals surface area contributed by atoms with Gasteiger partial charge in [0.1, 0.15) is 0 Å². The lowest BCUT2D eigenvalue weighted by atomic mass is 9.92. The SMILES string of the molecule is CCc1ccc(CC(O)(COC)C2CC2)nc1. The van der Waals surface area contributed by atoms with Gasteiger partial charge in [-0.3, -0.25) is 4.98 Å². The first-order valence-electron chi connectivity index (χ1n) is 6.33. The molecular formula is C14H21NO2. The van der Waals surface area contributed by atoms with Gasteiger partial charge >= 0.3 is 0 Å². The van der Waals surface area contributed by atoms with Crippen molar-refractivity contribution in [2.45, 2.75) is 38.2 Å². The highest BCUT2D eigenvalue weighted by Gasteiger charge is 2.44. The molecule has 1 atom stereocenters. The minimum atomic E-state index is -0.727. The van der Waals surface area contributed by atoms with Gasteiger partial charge in [0, 0.05) is 25.4 Å². The van der Waals surface area contributed by atoms with Gasteiger partial charge in [-0.15, -0.1) is 0 Å². The fourth-order valence-electron chi connectivity index (χ4n) is 2.27. The highest BCUT2D eigenvalue weighted by atomic mass is 16.5. The second-order valence-electron chi connectivity index (χ2n) is 5.00. The summed E-state index contributed by atoms with van der Waals surface area (Å²) < 4.78 is 5.15. The third kappa shape index (κ3) is 3.05. The van der Waals surface area contributed by atoms with E-state index in [-0.39, 0.29) is 0 Å². The van der Waals surface area contributed by atoms with E-state index in [0.717, 1.165) is 25.0 Å². The molecule has 1 N–H and O–H groups in total. The van der Waals surface area contributed by atoms with E-state index in [1.807, 2.05) is 12.3 Å². The quantitative estimate of drug-likeness (QED) is 0.819. The van der Waals surface area contributed by atoms with E-state index in [0.29, 0.717) is 18.9 Å². The Bertz CT molecular complexity index is 359. The molecule has 0 spiro atoms. The standard InChI is InChI=1S/C14H21NO2/c1-3-11-4-7-13(15-9-11)8-14(16,10-17-2)12-5-6-12/h4,7,9,12,16H,3,5-6,8,10H2,1-2H3. The minimum absolute atomic E-state index is 0.384. The zero-order valence-electron chi connectivity index (χ0n) is 10.6. The van der Waals surface area contributed by atoms with E-state index in [2.05, 4.69) is 18.0 Å². The van der Waals surface area contributed by atoms with Crippen LogP contribution in [-0.2, 0) is 17.6 Å². The van der Waals surface area contributed by atoms with E-state index < -0.39 is 5.60 Å². The summed E-state index contributed by atoms with van der Waals surface area (Å²) in [4.78, 5) is 4.41. The molecule has 0 radical (unpaired) electrons. The highest BCUT2D eigenvalue weighted by Crippen LogP contribution is 2.41. The molecule has 0 amide bonds. The van der Waals surface area contributed by atoms with E-state index in [9.17, 15) is 5.11 Å². The van der Waals surface area contributed by atoms with Crippen molar-refractivity contribution in [1.82, 2.24) is 4.98 Å². The van der Waals surface area contributed by atoms with Gasteiger partial charge in [-0.1, -0.05) is 13.0 Å². The number of hydrogen-bond acceptors (Lipinski definition) is 3. The molecule has 1 unspecified atom stereocenters. The largest absolute Gasteiger partial charge is 0.387 e. The van der Waals surface area contributed by atoms with Crippen molar-refractivity contribution in [3.05, 3.63) is 29.6 Å². The topological polar surface area (TPSA) is 42.4 Å². The van der Waals surface area contributed by atoms with E-state index in [1.54, 1.807) is 7.11 Å². The van der Waals surface area contributed by atoms with Crippen LogP contribution >= 0.6 is 0 Å². The third-order valence-electron chi connectivity index (χ3n) is 3.51. The van der Waals surface area contributed by atoms with Crippen LogP contribution in [0.4, 0.5) is 0 Å². The molecule has 0 aromatic carbocycles. The van der Waals surface area contributed by atoms with Crippen LogP contribution in [0, 0.1) is 5.92 Å². The van der Waals surface area contributed by atoms with Crippen LogP contribution in [0.5, 0.6) is 0 Å². The lowest BCUT2D eigenvalue weighted by Crippen LogP contribution is -2.39. The summed E-state index contributed by atoms with van der Waals surface area (Å²) in [6.07, 6.45) is 5.70. The van der Waals surface area contributed by atoms with Crippen LogP contribution in [0.25, 0.3) is 0 Å². The van der Waals surface area contributed by atoms with Crippen molar-refractivity contribution < 1.29 is 9.84 Å². The average Bonchev–Trinajstić information content (AvgIpc) is 3.14. The number of ether oxygens (including phenoxy) is 1. The highest BCUT2D eigenvalue weighted by molar-refractivity contribution is 5.16. The second-order valence-corrected chi connectivity index (χ2v) is 5.00. The van der Waals surface area contributed by atoms with Gasteiger partial charge in [0.05, 0.1) is 12.2 Å². The van der Waals surface area contributed by atoms with Crippen molar-refractivity contribution in [1.29, 1.82) is 0 Å². The summed E-state index contributed by atoms with van der Waals surface area (Å²) in [6, 6.07) is 4.10. The van der Waals surface area contributed by atoms with Crippen LogP contribution in [0.2, 0.25) is 0 Å². The first-order chi connectivity index (χ1) is 8.18. The summed E-state index contributed by atoms with van der Waals surface area (Å²) >= 11 is 0. The van der Waals surface area contributed by atoms with Gasteiger partial charge in [-0.25, -0.2) is 0 Å². The molecule has 1 fully saturated rings. The van der Waals surface area contributed by atoms with Crippen LogP contribution in [-0.4, -0.2) is 29.4 Å². The van der Waals surface area contributed by atoms with Crippen LogP contribution in [0.15, 0.2) is 18.3 Å². The molecule has 1 aromatic heterocycles. The molecular weight excluding hydrogens is 214 g/mol. The Labute approximate surface area is 103 Å².